The molecular weight excluding hydrogens is 262 g/mol. The van der Waals surface area contributed by atoms with Gasteiger partial charge in [-0.1, -0.05) is 12.1 Å². The molecule has 0 bridgehead atoms. The van der Waals surface area contributed by atoms with Crippen LogP contribution in [-0.4, -0.2) is 21.0 Å². The van der Waals surface area contributed by atoms with Gasteiger partial charge in [-0.2, -0.15) is 5.10 Å². The number of rotatable bonds is 4. The summed E-state index contributed by atoms with van der Waals surface area (Å²) in [5.41, 5.74) is 3.99. The maximum atomic E-state index is 11.7. The highest BCUT2D eigenvalue weighted by molar-refractivity contribution is 5.80. The lowest BCUT2D eigenvalue weighted by Crippen LogP contribution is -2.08. The van der Waals surface area contributed by atoms with Gasteiger partial charge in [-0.3, -0.25) is 14.9 Å². The summed E-state index contributed by atoms with van der Waals surface area (Å²) in [6.07, 6.45) is 2.26. The van der Waals surface area contributed by atoms with Crippen molar-refractivity contribution in [1.82, 2.24) is 15.2 Å². The Morgan fingerprint density at radius 2 is 2.14 bits per heavy atom. The van der Waals surface area contributed by atoms with Crippen molar-refractivity contribution in [3.8, 4) is 0 Å². The van der Waals surface area contributed by atoms with Gasteiger partial charge >= 0.3 is 0 Å². The fourth-order valence-electron chi connectivity index (χ4n) is 2.62. The summed E-state index contributed by atoms with van der Waals surface area (Å²) < 4.78 is 0. The third kappa shape index (κ3) is 2.84. The van der Waals surface area contributed by atoms with Crippen molar-refractivity contribution >= 4 is 16.7 Å². The highest BCUT2D eigenvalue weighted by atomic mass is 16.1. The average molecular weight is 279 g/mol. The van der Waals surface area contributed by atoms with E-state index >= 15 is 0 Å². The van der Waals surface area contributed by atoms with Crippen LogP contribution in [0.5, 0.6) is 0 Å². The Kier molecular flexibility index (Phi) is 3.52. The number of aromatic amines is 1. The third-order valence-electron chi connectivity index (χ3n) is 3.63. The topological polar surface area (TPSA) is 58.6 Å². The van der Waals surface area contributed by atoms with Crippen LogP contribution in [0.15, 0.2) is 42.6 Å². The second-order valence-electron chi connectivity index (χ2n) is 5.38. The minimum atomic E-state index is -0.0123. The Morgan fingerprint density at radius 3 is 2.90 bits per heavy atom. The van der Waals surface area contributed by atoms with Crippen LogP contribution >= 0.6 is 0 Å². The van der Waals surface area contributed by atoms with Crippen LogP contribution in [-0.2, 0) is 4.79 Å². The second-order valence-corrected chi connectivity index (χ2v) is 5.38. The molecular formula is C17H17N3O. The van der Waals surface area contributed by atoms with Gasteiger partial charge in [-0.15, -0.1) is 0 Å². The molecule has 1 unspecified atom stereocenters. The van der Waals surface area contributed by atoms with E-state index in [4.69, 9.17) is 0 Å². The Balaban J connectivity index is 2.07. The molecule has 0 radical (unpaired) electrons. The zero-order valence-electron chi connectivity index (χ0n) is 12.1. The van der Waals surface area contributed by atoms with Gasteiger partial charge < -0.3 is 0 Å². The summed E-state index contributed by atoms with van der Waals surface area (Å²) in [5.74, 6) is 0.150. The van der Waals surface area contributed by atoms with E-state index in [1.807, 2.05) is 37.3 Å². The molecule has 0 saturated carbocycles. The van der Waals surface area contributed by atoms with Gasteiger partial charge in [0.15, 0.2) is 0 Å². The van der Waals surface area contributed by atoms with Gasteiger partial charge in [0.25, 0.3) is 0 Å². The number of nitrogens with one attached hydrogen (secondary N) is 1. The molecule has 2 heterocycles. The molecule has 1 aromatic carbocycles. The number of hydrogen-bond donors (Lipinski definition) is 1. The number of aryl methyl sites for hydroxylation is 1. The fourth-order valence-corrected chi connectivity index (χ4v) is 2.62. The molecule has 2 aromatic heterocycles. The Hall–Kier alpha value is -2.49. The number of benzene rings is 1. The van der Waals surface area contributed by atoms with Crippen LogP contribution in [0.25, 0.3) is 10.9 Å². The van der Waals surface area contributed by atoms with Gasteiger partial charge in [0, 0.05) is 29.1 Å². The van der Waals surface area contributed by atoms with Crippen molar-refractivity contribution in [3.63, 3.8) is 0 Å². The quantitative estimate of drug-likeness (QED) is 0.796. The molecule has 4 heteroatoms. The summed E-state index contributed by atoms with van der Waals surface area (Å²) in [7, 11) is 0. The molecule has 0 saturated heterocycles. The highest BCUT2D eigenvalue weighted by Crippen LogP contribution is 2.29. The van der Waals surface area contributed by atoms with Crippen LogP contribution in [0.1, 0.15) is 36.2 Å². The molecule has 4 nitrogen and oxygen atoms in total. The number of Topliss-reactive ketones (excluding diaryl/α,β-unsaturated/α-hetero) is 1. The van der Waals surface area contributed by atoms with Crippen LogP contribution in [0.3, 0.4) is 0 Å². The number of ketones is 1. The maximum absolute atomic E-state index is 11.7. The number of H-pyrrole nitrogens is 1. The van der Waals surface area contributed by atoms with Crippen molar-refractivity contribution in [2.45, 2.75) is 26.2 Å². The molecule has 3 rings (SSSR count). The lowest BCUT2D eigenvalue weighted by atomic mass is 9.90. The van der Waals surface area contributed by atoms with E-state index in [2.05, 4.69) is 21.2 Å². The second kappa shape index (κ2) is 5.48. The lowest BCUT2D eigenvalue weighted by molar-refractivity contribution is -0.117. The number of aromatic nitrogens is 3. The monoisotopic (exact) mass is 279 g/mol. The van der Waals surface area contributed by atoms with E-state index in [0.717, 1.165) is 27.9 Å². The largest absolute Gasteiger partial charge is 0.300 e. The summed E-state index contributed by atoms with van der Waals surface area (Å²) in [5, 5.41) is 8.03. The lowest BCUT2D eigenvalue weighted by Gasteiger charge is -2.16. The zero-order chi connectivity index (χ0) is 14.8. The zero-order valence-corrected chi connectivity index (χ0v) is 12.1. The van der Waals surface area contributed by atoms with Crippen LogP contribution in [0, 0.1) is 6.92 Å². The summed E-state index contributed by atoms with van der Waals surface area (Å²) in [6.45, 7) is 3.59. The first-order chi connectivity index (χ1) is 10.1. The molecule has 0 amide bonds. The SMILES string of the molecule is CC(=O)CC(c1ccc2[nH]ncc2c1)c1cccc(C)n1. The van der Waals surface area contributed by atoms with Crippen molar-refractivity contribution in [1.29, 1.82) is 0 Å². The molecule has 21 heavy (non-hydrogen) atoms. The standard InChI is InChI=1S/C17H17N3O/c1-11-4-3-5-17(19-11)15(8-12(2)21)13-6-7-16-14(9-13)10-18-20-16/h3-7,9-10,15H,8H2,1-2H3,(H,18,20). The van der Waals surface area contributed by atoms with E-state index in [1.165, 1.54) is 0 Å². The first-order valence-corrected chi connectivity index (χ1v) is 6.99. The third-order valence-corrected chi connectivity index (χ3v) is 3.63. The van der Waals surface area contributed by atoms with E-state index in [-0.39, 0.29) is 11.7 Å². The fraction of sp³-hybridized carbons (Fsp3) is 0.235. The Labute approximate surface area is 123 Å². The summed E-state index contributed by atoms with van der Waals surface area (Å²) in [4.78, 5) is 16.2. The molecule has 0 spiro atoms. The van der Waals surface area contributed by atoms with Crippen molar-refractivity contribution in [3.05, 3.63) is 59.5 Å². The molecule has 1 N–H and O–H groups in total. The van der Waals surface area contributed by atoms with E-state index in [9.17, 15) is 4.79 Å². The highest BCUT2D eigenvalue weighted by Gasteiger charge is 2.18. The van der Waals surface area contributed by atoms with Crippen molar-refractivity contribution in [2.75, 3.05) is 0 Å². The molecule has 0 aliphatic rings. The molecule has 1 atom stereocenters. The Morgan fingerprint density at radius 1 is 1.29 bits per heavy atom. The predicted molar refractivity (Wildman–Crippen MR) is 82.2 cm³/mol. The number of hydrogen-bond acceptors (Lipinski definition) is 3. The Bertz CT molecular complexity index is 791. The van der Waals surface area contributed by atoms with E-state index in [1.54, 1.807) is 13.1 Å². The van der Waals surface area contributed by atoms with Gasteiger partial charge in [0.05, 0.1) is 11.7 Å². The molecule has 106 valence electrons. The molecule has 0 aliphatic carbocycles. The van der Waals surface area contributed by atoms with E-state index < -0.39 is 0 Å². The van der Waals surface area contributed by atoms with Gasteiger partial charge in [0.2, 0.25) is 0 Å². The average Bonchev–Trinajstić information content (AvgIpc) is 2.92. The molecule has 3 aromatic rings. The summed E-state index contributed by atoms with van der Waals surface area (Å²) in [6, 6.07) is 12.1. The maximum Gasteiger partial charge on any atom is 0.130 e. The number of pyridine rings is 1. The van der Waals surface area contributed by atoms with Gasteiger partial charge in [0.1, 0.15) is 5.78 Å². The minimum Gasteiger partial charge on any atom is -0.300 e. The normalized spacial score (nSPS) is 12.5. The summed E-state index contributed by atoms with van der Waals surface area (Å²) >= 11 is 0. The predicted octanol–water partition coefficient (Wildman–Crippen LogP) is 3.38. The van der Waals surface area contributed by atoms with Gasteiger partial charge in [-0.25, -0.2) is 0 Å². The van der Waals surface area contributed by atoms with Crippen molar-refractivity contribution in [2.24, 2.45) is 0 Å². The van der Waals surface area contributed by atoms with E-state index in [0.29, 0.717) is 6.42 Å². The van der Waals surface area contributed by atoms with Gasteiger partial charge in [-0.05, 0) is 43.7 Å². The first kappa shape index (κ1) is 13.5. The number of carbonyl (C=O) groups is 1. The molecule has 0 aliphatic heterocycles. The number of nitrogens with zero attached hydrogens (tertiary/aromatic N) is 2. The van der Waals surface area contributed by atoms with Crippen LogP contribution in [0.4, 0.5) is 0 Å². The smallest absolute Gasteiger partial charge is 0.130 e. The van der Waals surface area contributed by atoms with Crippen molar-refractivity contribution < 1.29 is 4.79 Å². The molecule has 0 fully saturated rings. The van der Waals surface area contributed by atoms with Crippen LogP contribution < -0.4 is 0 Å². The number of fused-ring (bicyclic) bond motifs is 1. The number of carbonyl (C=O) groups excluding carboxylic acids is 1. The first-order valence-electron chi connectivity index (χ1n) is 6.99. The minimum absolute atomic E-state index is 0.0123. The van der Waals surface area contributed by atoms with Crippen LogP contribution in [0.2, 0.25) is 0 Å².